The summed E-state index contributed by atoms with van der Waals surface area (Å²) < 4.78 is 52.5. The second kappa shape index (κ2) is 8.70. The van der Waals surface area contributed by atoms with Gasteiger partial charge in [-0.05, 0) is 63.4 Å². The average molecular weight is 475 g/mol. The molecular formula is C24H27FN2O5S. The van der Waals surface area contributed by atoms with Crippen LogP contribution in [-0.4, -0.2) is 39.8 Å². The molecule has 3 aromatic rings. The van der Waals surface area contributed by atoms with E-state index in [1.807, 2.05) is 13.8 Å². The number of nitrogens with zero attached hydrogens (tertiary/aromatic N) is 1. The van der Waals surface area contributed by atoms with Gasteiger partial charge in [0.25, 0.3) is 5.91 Å². The number of halogens is 1. The van der Waals surface area contributed by atoms with E-state index in [-0.39, 0.29) is 29.4 Å². The molecule has 33 heavy (non-hydrogen) atoms. The summed E-state index contributed by atoms with van der Waals surface area (Å²) in [7, 11) is -2.08. The van der Waals surface area contributed by atoms with Crippen LogP contribution in [0.4, 0.5) is 10.1 Å². The monoisotopic (exact) mass is 474 g/mol. The van der Waals surface area contributed by atoms with E-state index in [2.05, 4.69) is 5.32 Å². The summed E-state index contributed by atoms with van der Waals surface area (Å²) in [5, 5.41) is 3.10. The number of ether oxygens (including phenoxy) is 1. The van der Waals surface area contributed by atoms with Crippen LogP contribution in [0.5, 0.6) is 5.75 Å². The lowest BCUT2D eigenvalue weighted by atomic mass is 9.92. The maximum atomic E-state index is 13.5. The molecule has 0 spiro atoms. The molecule has 1 aromatic heterocycles. The van der Waals surface area contributed by atoms with Crippen LogP contribution in [-0.2, 0) is 10.0 Å². The van der Waals surface area contributed by atoms with E-state index < -0.39 is 15.8 Å². The summed E-state index contributed by atoms with van der Waals surface area (Å²) in [6.07, 6.45) is 3.42. The van der Waals surface area contributed by atoms with E-state index in [4.69, 9.17) is 9.15 Å². The number of benzene rings is 2. The molecule has 4 rings (SSSR count). The summed E-state index contributed by atoms with van der Waals surface area (Å²) in [4.78, 5) is 12.8. The minimum absolute atomic E-state index is 0.156. The molecule has 1 fully saturated rings. The van der Waals surface area contributed by atoms with Crippen molar-refractivity contribution in [1.82, 2.24) is 5.32 Å². The molecule has 0 atom stereocenters. The van der Waals surface area contributed by atoms with Crippen LogP contribution >= 0.6 is 0 Å². The van der Waals surface area contributed by atoms with Crippen LogP contribution < -0.4 is 14.4 Å². The Balaban J connectivity index is 2.00. The van der Waals surface area contributed by atoms with Gasteiger partial charge in [0.1, 0.15) is 22.9 Å². The third kappa shape index (κ3) is 4.42. The van der Waals surface area contributed by atoms with Gasteiger partial charge in [0.15, 0.2) is 0 Å². The van der Waals surface area contributed by atoms with E-state index in [1.165, 1.54) is 41.9 Å². The summed E-state index contributed by atoms with van der Waals surface area (Å²) in [6.45, 7) is 3.70. The number of furan rings is 1. The van der Waals surface area contributed by atoms with Crippen LogP contribution in [0.1, 0.15) is 43.5 Å². The average Bonchev–Trinajstić information content (AvgIpc) is 3.07. The van der Waals surface area contributed by atoms with Gasteiger partial charge < -0.3 is 14.5 Å². The zero-order valence-corrected chi connectivity index (χ0v) is 19.8. The molecule has 1 aliphatic carbocycles. The first-order valence-electron chi connectivity index (χ1n) is 10.8. The van der Waals surface area contributed by atoms with Gasteiger partial charge in [0, 0.05) is 30.1 Å². The molecule has 0 saturated heterocycles. The Morgan fingerprint density at radius 1 is 1.21 bits per heavy atom. The lowest BCUT2D eigenvalue weighted by molar-refractivity contribution is 0.0964. The lowest BCUT2D eigenvalue weighted by Gasteiger charge is -2.38. The smallest absolute Gasteiger partial charge is 0.255 e. The van der Waals surface area contributed by atoms with E-state index in [9.17, 15) is 17.6 Å². The van der Waals surface area contributed by atoms with Crippen LogP contribution in [0, 0.1) is 5.82 Å². The minimum atomic E-state index is -3.60. The van der Waals surface area contributed by atoms with Crippen molar-refractivity contribution in [3.05, 3.63) is 47.8 Å². The zero-order chi connectivity index (χ0) is 23.9. The molecule has 7 nitrogen and oxygen atoms in total. The van der Waals surface area contributed by atoms with E-state index >= 15 is 0 Å². The van der Waals surface area contributed by atoms with Gasteiger partial charge in [-0.1, -0.05) is 0 Å². The fourth-order valence-electron chi connectivity index (χ4n) is 4.06. The van der Waals surface area contributed by atoms with Crippen molar-refractivity contribution < 1.29 is 26.8 Å². The number of nitrogens with one attached hydrogen (secondary N) is 1. The largest absolute Gasteiger partial charge is 0.489 e. The number of amides is 1. The Morgan fingerprint density at radius 2 is 1.88 bits per heavy atom. The molecule has 1 saturated carbocycles. The molecule has 1 heterocycles. The van der Waals surface area contributed by atoms with Crippen molar-refractivity contribution in [2.75, 3.05) is 17.6 Å². The highest BCUT2D eigenvalue weighted by Gasteiger charge is 2.35. The van der Waals surface area contributed by atoms with Crippen molar-refractivity contribution in [3.63, 3.8) is 0 Å². The summed E-state index contributed by atoms with van der Waals surface area (Å²) in [5.74, 6) is -0.163. The van der Waals surface area contributed by atoms with E-state index in [1.54, 1.807) is 12.1 Å². The normalized spacial score (nSPS) is 14.4. The van der Waals surface area contributed by atoms with Crippen molar-refractivity contribution >= 4 is 32.6 Å². The Morgan fingerprint density at radius 3 is 2.39 bits per heavy atom. The van der Waals surface area contributed by atoms with Gasteiger partial charge >= 0.3 is 0 Å². The first kappa shape index (κ1) is 23.1. The standard InChI is InChI=1S/C24H27FN2O5S/c1-14(2)31-21-12-18-20(13-19(21)27(33(4,29)30)17-6-5-7-17)32-23(22(18)24(28)26-3)15-8-10-16(25)11-9-15/h8-14,17H,5-7H2,1-4H3,(H,26,28). The first-order valence-corrected chi connectivity index (χ1v) is 12.7. The Kier molecular flexibility index (Phi) is 6.09. The maximum absolute atomic E-state index is 13.5. The zero-order valence-electron chi connectivity index (χ0n) is 19.0. The van der Waals surface area contributed by atoms with Crippen molar-refractivity contribution in [2.24, 2.45) is 0 Å². The van der Waals surface area contributed by atoms with Crippen LogP contribution in [0.3, 0.4) is 0 Å². The van der Waals surface area contributed by atoms with Gasteiger partial charge in [-0.25, -0.2) is 12.8 Å². The second-order valence-electron chi connectivity index (χ2n) is 8.52. The SMILES string of the molecule is CNC(=O)c1c(-c2ccc(F)cc2)oc2cc(N(C3CCC3)S(C)(=O)=O)c(OC(C)C)cc12. The number of sulfonamides is 1. The molecule has 0 unspecified atom stereocenters. The van der Waals surface area contributed by atoms with Crippen molar-refractivity contribution in [1.29, 1.82) is 0 Å². The van der Waals surface area contributed by atoms with Gasteiger partial charge in [-0.2, -0.15) is 0 Å². The summed E-state index contributed by atoms with van der Waals surface area (Å²) in [5.41, 5.74) is 1.52. The number of carbonyl (C=O) groups is 1. The number of anilines is 1. The second-order valence-corrected chi connectivity index (χ2v) is 10.4. The molecule has 176 valence electrons. The number of hydrogen-bond acceptors (Lipinski definition) is 5. The van der Waals surface area contributed by atoms with Crippen LogP contribution in [0.15, 0.2) is 40.8 Å². The highest BCUT2D eigenvalue weighted by molar-refractivity contribution is 7.92. The highest BCUT2D eigenvalue weighted by Crippen LogP contribution is 2.43. The molecule has 0 radical (unpaired) electrons. The lowest BCUT2D eigenvalue weighted by Crippen LogP contribution is -2.44. The van der Waals surface area contributed by atoms with Gasteiger partial charge in [-0.15, -0.1) is 0 Å². The topological polar surface area (TPSA) is 88.9 Å². The molecule has 2 aromatic carbocycles. The fourth-order valence-corrected chi connectivity index (χ4v) is 5.31. The molecule has 0 bridgehead atoms. The molecule has 9 heteroatoms. The fraction of sp³-hybridized carbons (Fsp3) is 0.375. The summed E-state index contributed by atoms with van der Waals surface area (Å²) in [6, 6.07) is 8.76. The summed E-state index contributed by atoms with van der Waals surface area (Å²) >= 11 is 0. The molecule has 1 N–H and O–H groups in total. The number of rotatable bonds is 7. The third-order valence-electron chi connectivity index (χ3n) is 5.69. The molecule has 1 aliphatic rings. The Hall–Kier alpha value is -3.07. The third-order valence-corrected chi connectivity index (χ3v) is 6.90. The molecular weight excluding hydrogens is 447 g/mol. The van der Waals surface area contributed by atoms with Crippen LogP contribution in [0.25, 0.3) is 22.3 Å². The Labute approximate surface area is 192 Å². The van der Waals surface area contributed by atoms with Crippen molar-refractivity contribution in [3.8, 4) is 17.1 Å². The predicted molar refractivity (Wildman–Crippen MR) is 126 cm³/mol. The van der Waals surface area contributed by atoms with E-state index in [0.717, 1.165) is 19.3 Å². The minimum Gasteiger partial charge on any atom is -0.489 e. The predicted octanol–water partition coefficient (Wildman–Crippen LogP) is 4.70. The number of fused-ring (bicyclic) bond motifs is 1. The molecule has 1 amide bonds. The molecule has 0 aliphatic heterocycles. The number of carbonyl (C=O) groups excluding carboxylic acids is 1. The van der Waals surface area contributed by atoms with Gasteiger partial charge in [-0.3, -0.25) is 9.10 Å². The van der Waals surface area contributed by atoms with Gasteiger partial charge in [0.05, 0.1) is 23.6 Å². The van der Waals surface area contributed by atoms with Crippen LogP contribution in [0.2, 0.25) is 0 Å². The first-order chi connectivity index (χ1) is 15.6. The number of hydrogen-bond donors (Lipinski definition) is 1. The maximum Gasteiger partial charge on any atom is 0.255 e. The van der Waals surface area contributed by atoms with Gasteiger partial charge in [0.2, 0.25) is 10.0 Å². The highest BCUT2D eigenvalue weighted by atomic mass is 32.2. The quantitative estimate of drug-likeness (QED) is 0.536. The van der Waals surface area contributed by atoms with Crippen molar-refractivity contribution in [2.45, 2.75) is 45.3 Å². The van der Waals surface area contributed by atoms with E-state index in [0.29, 0.717) is 28.0 Å². The Bertz CT molecular complexity index is 1290.